The van der Waals surface area contributed by atoms with E-state index >= 15 is 0 Å². The van der Waals surface area contributed by atoms with Crippen LogP contribution in [-0.2, 0) is 9.53 Å². The third-order valence-electron chi connectivity index (χ3n) is 3.60. The quantitative estimate of drug-likeness (QED) is 0.757. The van der Waals surface area contributed by atoms with Gasteiger partial charge in [0, 0.05) is 12.6 Å². The Hall–Kier alpha value is -0.610. The van der Waals surface area contributed by atoms with Gasteiger partial charge in [0.1, 0.15) is 0 Å². The van der Waals surface area contributed by atoms with Crippen LogP contribution < -0.4 is 5.32 Å². The van der Waals surface area contributed by atoms with Crippen LogP contribution in [0.4, 0.5) is 0 Å². The van der Waals surface area contributed by atoms with Crippen LogP contribution in [0.2, 0.25) is 0 Å². The van der Waals surface area contributed by atoms with Gasteiger partial charge in [0.2, 0.25) is 5.91 Å². The van der Waals surface area contributed by atoms with Gasteiger partial charge in [-0.05, 0) is 45.7 Å². The van der Waals surface area contributed by atoms with Crippen molar-refractivity contribution in [3.05, 3.63) is 0 Å². The zero-order valence-electron chi connectivity index (χ0n) is 10.8. The minimum atomic E-state index is 0.268. The molecule has 98 valence electrons. The fraction of sp³-hybridized carbons (Fsp3) is 0.923. The largest absolute Gasteiger partial charge is 0.378 e. The van der Waals surface area contributed by atoms with Gasteiger partial charge in [0.15, 0.2) is 0 Å². The molecule has 1 N–H and O–H groups in total. The van der Waals surface area contributed by atoms with Crippen LogP contribution in [0.15, 0.2) is 0 Å². The Morgan fingerprint density at radius 2 is 2.00 bits per heavy atom. The Morgan fingerprint density at radius 3 is 2.59 bits per heavy atom. The van der Waals surface area contributed by atoms with Gasteiger partial charge in [-0.25, -0.2) is 0 Å². The summed E-state index contributed by atoms with van der Waals surface area (Å²) in [4.78, 5) is 13.9. The lowest BCUT2D eigenvalue weighted by molar-refractivity contribution is -0.133. The van der Waals surface area contributed by atoms with E-state index in [2.05, 4.69) is 12.2 Å². The molecule has 1 amide bonds. The molecule has 2 rings (SSSR count). The summed E-state index contributed by atoms with van der Waals surface area (Å²) in [7, 11) is 0. The molecule has 1 saturated heterocycles. The first-order valence-corrected chi connectivity index (χ1v) is 6.93. The molecule has 1 heterocycles. The van der Waals surface area contributed by atoms with E-state index in [0.29, 0.717) is 25.2 Å². The van der Waals surface area contributed by atoms with Crippen LogP contribution >= 0.6 is 0 Å². The second kappa shape index (κ2) is 6.36. The summed E-state index contributed by atoms with van der Waals surface area (Å²) in [6.45, 7) is 5.58. The molecule has 0 spiro atoms. The summed E-state index contributed by atoms with van der Waals surface area (Å²) >= 11 is 0. The number of carbonyl (C=O) groups is 1. The van der Waals surface area contributed by atoms with Gasteiger partial charge >= 0.3 is 0 Å². The van der Waals surface area contributed by atoms with E-state index in [-0.39, 0.29) is 5.91 Å². The highest BCUT2D eigenvalue weighted by Gasteiger charge is 2.30. The first-order chi connectivity index (χ1) is 8.31. The second-order valence-corrected chi connectivity index (χ2v) is 4.98. The highest BCUT2D eigenvalue weighted by Crippen LogP contribution is 2.27. The number of hydrogen-bond acceptors (Lipinski definition) is 3. The van der Waals surface area contributed by atoms with Crippen molar-refractivity contribution in [3.63, 3.8) is 0 Å². The standard InChI is InChI=1S/C13H24N2O2/c1-2-15(11-3-4-11)13(16)7-10-17-12-5-8-14-9-6-12/h11-12,14H,2-10H2,1H3. The van der Waals surface area contributed by atoms with Crippen molar-refractivity contribution in [2.24, 2.45) is 0 Å². The molecule has 1 saturated carbocycles. The van der Waals surface area contributed by atoms with Crippen molar-refractivity contribution >= 4 is 5.91 Å². The molecule has 4 heteroatoms. The molecule has 17 heavy (non-hydrogen) atoms. The number of rotatable bonds is 6. The van der Waals surface area contributed by atoms with Crippen LogP contribution in [0.5, 0.6) is 0 Å². The van der Waals surface area contributed by atoms with Crippen LogP contribution in [0.3, 0.4) is 0 Å². The summed E-state index contributed by atoms with van der Waals surface area (Å²) in [5.41, 5.74) is 0. The fourth-order valence-electron chi connectivity index (χ4n) is 2.44. The molecular weight excluding hydrogens is 216 g/mol. The van der Waals surface area contributed by atoms with E-state index in [4.69, 9.17) is 4.74 Å². The maximum Gasteiger partial charge on any atom is 0.225 e. The van der Waals surface area contributed by atoms with Gasteiger partial charge in [0.05, 0.1) is 19.1 Å². The molecule has 0 radical (unpaired) electrons. The summed E-state index contributed by atoms with van der Waals surface area (Å²) in [5.74, 6) is 0.268. The molecule has 2 fully saturated rings. The Morgan fingerprint density at radius 1 is 1.29 bits per heavy atom. The van der Waals surface area contributed by atoms with E-state index in [1.54, 1.807) is 0 Å². The van der Waals surface area contributed by atoms with Crippen molar-refractivity contribution in [2.45, 2.75) is 51.2 Å². The van der Waals surface area contributed by atoms with Crippen LogP contribution in [-0.4, -0.2) is 49.2 Å². The Kier molecular flexibility index (Phi) is 4.80. The highest BCUT2D eigenvalue weighted by molar-refractivity contribution is 5.76. The molecule has 0 atom stereocenters. The van der Waals surface area contributed by atoms with Gasteiger partial charge < -0.3 is 15.0 Å². The summed E-state index contributed by atoms with van der Waals surface area (Å²) in [6.07, 6.45) is 5.44. The van der Waals surface area contributed by atoms with Gasteiger partial charge in [-0.1, -0.05) is 0 Å². The lowest BCUT2D eigenvalue weighted by Crippen LogP contribution is -2.35. The van der Waals surface area contributed by atoms with Crippen LogP contribution in [0, 0.1) is 0 Å². The van der Waals surface area contributed by atoms with E-state index in [9.17, 15) is 4.79 Å². The number of hydrogen-bond donors (Lipinski definition) is 1. The number of ether oxygens (including phenoxy) is 1. The second-order valence-electron chi connectivity index (χ2n) is 4.98. The zero-order valence-corrected chi connectivity index (χ0v) is 10.8. The highest BCUT2D eigenvalue weighted by atomic mass is 16.5. The van der Waals surface area contributed by atoms with Gasteiger partial charge in [-0.15, -0.1) is 0 Å². The molecule has 0 aromatic carbocycles. The number of carbonyl (C=O) groups excluding carboxylic acids is 1. The molecule has 0 unspecified atom stereocenters. The van der Waals surface area contributed by atoms with Gasteiger partial charge in [-0.3, -0.25) is 4.79 Å². The predicted octanol–water partition coefficient (Wildman–Crippen LogP) is 1.16. The van der Waals surface area contributed by atoms with E-state index in [1.165, 1.54) is 12.8 Å². The predicted molar refractivity (Wildman–Crippen MR) is 66.9 cm³/mol. The monoisotopic (exact) mass is 240 g/mol. The van der Waals surface area contributed by atoms with Crippen molar-refractivity contribution < 1.29 is 9.53 Å². The molecule has 1 aliphatic carbocycles. The summed E-state index contributed by atoms with van der Waals surface area (Å²) in [5, 5.41) is 3.31. The molecular formula is C13H24N2O2. The maximum atomic E-state index is 11.9. The van der Waals surface area contributed by atoms with Crippen molar-refractivity contribution in [3.8, 4) is 0 Å². The van der Waals surface area contributed by atoms with Crippen molar-refractivity contribution in [1.29, 1.82) is 0 Å². The lowest BCUT2D eigenvalue weighted by Gasteiger charge is -2.24. The first kappa shape index (κ1) is 12.8. The SMILES string of the molecule is CCN(C(=O)CCOC1CCNCC1)C1CC1. The van der Waals surface area contributed by atoms with Gasteiger partial charge in [0.25, 0.3) is 0 Å². The normalized spacial score (nSPS) is 21.5. The zero-order chi connectivity index (χ0) is 12.1. The Labute approximate surface area is 104 Å². The maximum absolute atomic E-state index is 11.9. The van der Waals surface area contributed by atoms with E-state index in [1.807, 2.05) is 4.90 Å². The Bertz CT molecular complexity index is 248. The average molecular weight is 240 g/mol. The minimum absolute atomic E-state index is 0.268. The fourth-order valence-corrected chi connectivity index (χ4v) is 2.44. The summed E-state index contributed by atoms with van der Waals surface area (Å²) in [6, 6.07) is 0.534. The molecule has 1 aliphatic heterocycles. The number of piperidine rings is 1. The average Bonchev–Trinajstić information content (AvgIpc) is 3.16. The van der Waals surface area contributed by atoms with Crippen molar-refractivity contribution in [1.82, 2.24) is 10.2 Å². The molecule has 2 aliphatic rings. The topological polar surface area (TPSA) is 41.6 Å². The van der Waals surface area contributed by atoms with E-state index < -0.39 is 0 Å². The summed E-state index contributed by atoms with van der Waals surface area (Å²) < 4.78 is 5.76. The number of nitrogens with one attached hydrogen (secondary N) is 1. The third-order valence-corrected chi connectivity index (χ3v) is 3.60. The number of amides is 1. The lowest BCUT2D eigenvalue weighted by atomic mass is 10.1. The minimum Gasteiger partial charge on any atom is -0.378 e. The van der Waals surface area contributed by atoms with Crippen molar-refractivity contribution in [2.75, 3.05) is 26.2 Å². The molecule has 0 aromatic rings. The van der Waals surface area contributed by atoms with Crippen LogP contribution in [0.1, 0.15) is 39.0 Å². The van der Waals surface area contributed by atoms with Gasteiger partial charge in [-0.2, -0.15) is 0 Å². The third kappa shape index (κ3) is 3.96. The van der Waals surface area contributed by atoms with E-state index in [0.717, 1.165) is 32.5 Å². The van der Waals surface area contributed by atoms with Crippen LogP contribution in [0.25, 0.3) is 0 Å². The molecule has 4 nitrogen and oxygen atoms in total. The molecule has 0 bridgehead atoms. The smallest absolute Gasteiger partial charge is 0.225 e. The Balaban J connectivity index is 1.61. The number of nitrogens with zero attached hydrogens (tertiary/aromatic N) is 1. The molecule has 0 aromatic heterocycles. The first-order valence-electron chi connectivity index (χ1n) is 6.93.